The van der Waals surface area contributed by atoms with Crippen LogP contribution in [-0.4, -0.2) is 20.3 Å². The van der Waals surface area contributed by atoms with Gasteiger partial charge in [0.25, 0.3) is 0 Å². The number of rotatable bonds is 3. The molecule has 3 nitrogen and oxygen atoms in total. The van der Waals surface area contributed by atoms with Crippen LogP contribution in [0.25, 0.3) is 0 Å². The quantitative estimate of drug-likeness (QED) is 0.791. The summed E-state index contributed by atoms with van der Waals surface area (Å²) in [5.74, 6) is 2.21. The molecule has 0 amide bonds. The molecule has 1 aromatic rings. The Hall–Kier alpha value is -1.22. The van der Waals surface area contributed by atoms with Crippen molar-refractivity contribution in [3.05, 3.63) is 23.8 Å². The summed E-state index contributed by atoms with van der Waals surface area (Å²) in [6.07, 6.45) is 1.05. The highest BCUT2D eigenvalue weighted by atomic mass is 16.5. The molecule has 1 saturated carbocycles. The van der Waals surface area contributed by atoms with Crippen LogP contribution in [0, 0.1) is 0 Å². The summed E-state index contributed by atoms with van der Waals surface area (Å²) < 4.78 is 10.5. The minimum absolute atomic E-state index is 0.288. The lowest BCUT2D eigenvalue weighted by Crippen LogP contribution is -2.02. The van der Waals surface area contributed by atoms with E-state index >= 15 is 0 Å². The van der Waals surface area contributed by atoms with Gasteiger partial charge >= 0.3 is 0 Å². The Bertz CT molecular complexity index is 338. The van der Waals surface area contributed by atoms with Crippen LogP contribution in [0.2, 0.25) is 0 Å². The van der Waals surface area contributed by atoms with Crippen molar-refractivity contribution in [2.75, 3.05) is 14.2 Å². The third-order valence-electron chi connectivity index (χ3n) is 2.68. The molecule has 1 aromatic carbocycles. The van der Waals surface area contributed by atoms with Gasteiger partial charge in [0, 0.05) is 17.5 Å². The molecule has 0 radical (unpaired) electrons. The van der Waals surface area contributed by atoms with Gasteiger partial charge in [-0.05, 0) is 24.6 Å². The lowest BCUT2D eigenvalue weighted by Gasteiger charge is -2.09. The van der Waals surface area contributed by atoms with Gasteiger partial charge in [0.05, 0.1) is 14.2 Å². The van der Waals surface area contributed by atoms with Crippen LogP contribution in [0.3, 0.4) is 0 Å². The van der Waals surface area contributed by atoms with E-state index < -0.39 is 0 Å². The van der Waals surface area contributed by atoms with Gasteiger partial charge in [-0.15, -0.1) is 0 Å². The predicted molar refractivity (Wildman–Crippen MR) is 54.9 cm³/mol. The second-order valence-electron chi connectivity index (χ2n) is 3.61. The first-order valence-electron chi connectivity index (χ1n) is 4.73. The van der Waals surface area contributed by atoms with Crippen molar-refractivity contribution in [2.24, 2.45) is 5.73 Å². The molecule has 1 aliphatic carbocycles. The van der Waals surface area contributed by atoms with E-state index in [0.29, 0.717) is 5.92 Å². The van der Waals surface area contributed by atoms with Crippen LogP contribution in [0.15, 0.2) is 18.2 Å². The molecule has 0 aliphatic heterocycles. The Morgan fingerprint density at radius 1 is 1.29 bits per heavy atom. The molecular weight excluding hydrogens is 178 g/mol. The molecule has 2 atom stereocenters. The highest BCUT2D eigenvalue weighted by Gasteiger charge is 2.37. The molecule has 0 spiro atoms. The van der Waals surface area contributed by atoms with E-state index in [1.165, 1.54) is 5.56 Å². The molecule has 2 N–H and O–H groups in total. The van der Waals surface area contributed by atoms with E-state index in [0.717, 1.165) is 17.9 Å². The Kier molecular flexibility index (Phi) is 2.33. The molecular formula is C11H15NO2. The SMILES string of the molecule is COc1ccc(OC)c([C@H]2C[C@@H]2N)c1. The molecule has 1 fully saturated rings. The van der Waals surface area contributed by atoms with Crippen molar-refractivity contribution in [1.29, 1.82) is 0 Å². The second kappa shape index (κ2) is 3.50. The zero-order chi connectivity index (χ0) is 10.1. The van der Waals surface area contributed by atoms with Gasteiger partial charge in [0.15, 0.2) is 0 Å². The summed E-state index contributed by atoms with van der Waals surface area (Å²) in [6, 6.07) is 6.13. The molecule has 2 rings (SSSR count). The first-order chi connectivity index (χ1) is 6.76. The van der Waals surface area contributed by atoms with Gasteiger partial charge in [-0.25, -0.2) is 0 Å². The molecule has 0 aromatic heterocycles. The number of hydrogen-bond acceptors (Lipinski definition) is 3. The monoisotopic (exact) mass is 193 g/mol. The number of nitrogens with two attached hydrogens (primary N) is 1. The third-order valence-corrected chi connectivity index (χ3v) is 2.68. The topological polar surface area (TPSA) is 44.5 Å². The maximum Gasteiger partial charge on any atom is 0.122 e. The van der Waals surface area contributed by atoms with Gasteiger partial charge < -0.3 is 15.2 Å². The summed E-state index contributed by atoms with van der Waals surface area (Å²) in [4.78, 5) is 0. The molecule has 0 saturated heterocycles. The molecule has 0 heterocycles. The average molecular weight is 193 g/mol. The van der Waals surface area contributed by atoms with Gasteiger partial charge in [-0.3, -0.25) is 0 Å². The van der Waals surface area contributed by atoms with E-state index in [-0.39, 0.29) is 6.04 Å². The van der Waals surface area contributed by atoms with Crippen LogP contribution >= 0.6 is 0 Å². The zero-order valence-electron chi connectivity index (χ0n) is 8.49. The van der Waals surface area contributed by atoms with E-state index in [9.17, 15) is 0 Å². The Morgan fingerprint density at radius 3 is 2.50 bits per heavy atom. The van der Waals surface area contributed by atoms with Crippen LogP contribution in [0.1, 0.15) is 17.9 Å². The van der Waals surface area contributed by atoms with Crippen molar-refractivity contribution in [3.8, 4) is 11.5 Å². The fourth-order valence-electron chi connectivity index (χ4n) is 1.70. The predicted octanol–water partition coefficient (Wildman–Crippen LogP) is 1.52. The largest absolute Gasteiger partial charge is 0.497 e. The van der Waals surface area contributed by atoms with Crippen molar-refractivity contribution in [1.82, 2.24) is 0 Å². The highest BCUT2D eigenvalue weighted by Crippen LogP contribution is 2.44. The normalized spacial score (nSPS) is 24.5. The zero-order valence-corrected chi connectivity index (χ0v) is 8.49. The standard InChI is InChI=1S/C11H15NO2/c1-13-7-3-4-11(14-2)9(5-7)8-6-10(8)12/h3-5,8,10H,6,12H2,1-2H3/t8-,10+/m1/s1. The summed E-state index contributed by atoms with van der Waals surface area (Å²) in [7, 11) is 3.34. The fraction of sp³-hybridized carbons (Fsp3) is 0.455. The van der Waals surface area contributed by atoms with Crippen molar-refractivity contribution in [3.63, 3.8) is 0 Å². The van der Waals surface area contributed by atoms with E-state index in [4.69, 9.17) is 15.2 Å². The minimum Gasteiger partial charge on any atom is -0.497 e. The fourth-order valence-corrected chi connectivity index (χ4v) is 1.70. The maximum absolute atomic E-state index is 5.82. The van der Waals surface area contributed by atoms with Crippen LogP contribution in [-0.2, 0) is 0 Å². The lowest BCUT2D eigenvalue weighted by atomic mass is 10.1. The summed E-state index contributed by atoms with van der Waals surface area (Å²) in [6.45, 7) is 0. The summed E-state index contributed by atoms with van der Waals surface area (Å²) >= 11 is 0. The van der Waals surface area contributed by atoms with Gasteiger partial charge in [0.1, 0.15) is 11.5 Å². The van der Waals surface area contributed by atoms with Crippen LogP contribution < -0.4 is 15.2 Å². The van der Waals surface area contributed by atoms with E-state index in [1.54, 1.807) is 14.2 Å². The van der Waals surface area contributed by atoms with Gasteiger partial charge in [-0.2, -0.15) is 0 Å². The third kappa shape index (κ3) is 1.55. The first-order valence-corrected chi connectivity index (χ1v) is 4.73. The van der Waals surface area contributed by atoms with Gasteiger partial charge in [-0.1, -0.05) is 0 Å². The molecule has 14 heavy (non-hydrogen) atoms. The molecule has 76 valence electrons. The average Bonchev–Trinajstić information content (AvgIpc) is 2.94. The second-order valence-corrected chi connectivity index (χ2v) is 3.61. The highest BCUT2D eigenvalue weighted by molar-refractivity contribution is 5.45. The van der Waals surface area contributed by atoms with Crippen molar-refractivity contribution in [2.45, 2.75) is 18.4 Å². The van der Waals surface area contributed by atoms with E-state index in [2.05, 4.69) is 0 Å². The maximum atomic E-state index is 5.82. The first kappa shape index (κ1) is 9.34. The number of hydrogen-bond donors (Lipinski definition) is 1. The number of methoxy groups -OCH3 is 2. The van der Waals surface area contributed by atoms with Crippen molar-refractivity contribution < 1.29 is 9.47 Å². The number of ether oxygens (including phenoxy) is 2. The summed E-state index contributed by atoms with van der Waals surface area (Å²) in [5, 5.41) is 0. The van der Waals surface area contributed by atoms with Crippen LogP contribution in [0.4, 0.5) is 0 Å². The van der Waals surface area contributed by atoms with E-state index in [1.807, 2.05) is 18.2 Å². The minimum atomic E-state index is 0.288. The Balaban J connectivity index is 2.33. The number of benzene rings is 1. The molecule has 1 aliphatic rings. The molecule has 3 heteroatoms. The Morgan fingerprint density at radius 2 is 2.00 bits per heavy atom. The molecule has 0 bridgehead atoms. The van der Waals surface area contributed by atoms with Crippen molar-refractivity contribution >= 4 is 0 Å². The summed E-state index contributed by atoms with van der Waals surface area (Å²) in [5.41, 5.74) is 6.98. The van der Waals surface area contributed by atoms with Gasteiger partial charge in [0.2, 0.25) is 0 Å². The smallest absolute Gasteiger partial charge is 0.122 e. The molecule has 0 unspecified atom stereocenters. The lowest BCUT2D eigenvalue weighted by molar-refractivity contribution is 0.398. The van der Waals surface area contributed by atoms with Crippen LogP contribution in [0.5, 0.6) is 11.5 Å². The Labute approximate surface area is 83.8 Å².